The fraction of sp³-hybridized carbons (Fsp3) is 0.333. The monoisotopic (exact) mass is 376 g/mol. The molecular weight excluding hydrogens is 352 g/mol. The molecular formula is C21H24N6O. The molecule has 1 saturated heterocycles. The maximum atomic E-state index is 12.5. The van der Waals surface area contributed by atoms with Crippen LogP contribution in [0.25, 0.3) is 5.69 Å². The summed E-state index contributed by atoms with van der Waals surface area (Å²) in [7, 11) is 0. The molecule has 0 unspecified atom stereocenters. The van der Waals surface area contributed by atoms with Gasteiger partial charge in [-0.15, -0.1) is 0 Å². The van der Waals surface area contributed by atoms with Crippen molar-refractivity contribution in [2.75, 3.05) is 24.5 Å². The van der Waals surface area contributed by atoms with Crippen molar-refractivity contribution in [2.24, 2.45) is 5.92 Å². The van der Waals surface area contributed by atoms with Crippen molar-refractivity contribution in [3.63, 3.8) is 0 Å². The maximum absolute atomic E-state index is 12.5. The number of nitrogens with zero attached hydrogens (tertiary/aromatic N) is 5. The Kier molecular flexibility index (Phi) is 5.61. The van der Waals surface area contributed by atoms with Gasteiger partial charge in [0.15, 0.2) is 0 Å². The molecule has 1 aromatic carbocycles. The van der Waals surface area contributed by atoms with E-state index in [0.29, 0.717) is 6.54 Å². The highest BCUT2D eigenvalue weighted by Crippen LogP contribution is 2.21. The van der Waals surface area contributed by atoms with Crippen molar-refractivity contribution in [1.82, 2.24) is 25.1 Å². The van der Waals surface area contributed by atoms with E-state index in [9.17, 15) is 4.79 Å². The zero-order valence-corrected chi connectivity index (χ0v) is 15.7. The fourth-order valence-electron chi connectivity index (χ4n) is 3.54. The first-order chi connectivity index (χ1) is 13.8. The van der Waals surface area contributed by atoms with Gasteiger partial charge in [0.1, 0.15) is 5.82 Å². The normalized spacial score (nSPS) is 14.8. The van der Waals surface area contributed by atoms with Gasteiger partial charge in [-0.25, -0.2) is 9.67 Å². The first-order valence-electron chi connectivity index (χ1n) is 9.67. The van der Waals surface area contributed by atoms with E-state index in [2.05, 4.69) is 37.4 Å². The smallest absolute Gasteiger partial charge is 0.223 e. The van der Waals surface area contributed by atoms with Gasteiger partial charge in [0, 0.05) is 50.3 Å². The third-order valence-electron chi connectivity index (χ3n) is 5.16. The Bertz CT molecular complexity index is 871. The van der Waals surface area contributed by atoms with Crippen LogP contribution in [0.5, 0.6) is 0 Å². The third kappa shape index (κ3) is 4.36. The Morgan fingerprint density at radius 2 is 1.93 bits per heavy atom. The first kappa shape index (κ1) is 18.2. The number of anilines is 1. The van der Waals surface area contributed by atoms with E-state index in [4.69, 9.17) is 0 Å². The third-order valence-corrected chi connectivity index (χ3v) is 5.16. The lowest BCUT2D eigenvalue weighted by Crippen LogP contribution is -2.41. The first-order valence-corrected chi connectivity index (χ1v) is 9.67. The minimum Gasteiger partial charge on any atom is -0.356 e. The van der Waals surface area contributed by atoms with E-state index in [1.807, 2.05) is 29.1 Å². The van der Waals surface area contributed by atoms with E-state index in [0.717, 1.165) is 43.9 Å². The minimum atomic E-state index is 0.0788. The molecule has 1 fully saturated rings. The van der Waals surface area contributed by atoms with Crippen LogP contribution in [0.3, 0.4) is 0 Å². The van der Waals surface area contributed by atoms with Crippen molar-refractivity contribution in [2.45, 2.75) is 19.3 Å². The van der Waals surface area contributed by atoms with Gasteiger partial charge in [-0.1, -0.05) is 12.1 Å². The lowest BCUT2D eigenvalue weighted by atomic mass is 9.96. The van der Waals surface area contributed by atoms with Crippen LogP contribution in [0.2, 0.25) is 0 Å². The summed E-state index contributed by atoms with van der Waals surface area (Å²) in [5.74, 6) is 1.13. The zero-order chi connectivity index (χ0) is 19.2. The number of benzene rings is 1. The summed E-state index contributed by atoms with van der Waals surface area (Å²) in [6.07, 6.45) is 11.4. The standard InChI is InChI=1S/C21H24N6O/c28-21(18-7-14-26(15-8-18)20-16-22-11-12-23-20)24-10-6-17-2-4-19(5-3-17)27-13-1-9-25-27/h1-5,9,11-13,16,18H,6-8,10,14-15H2,(H,24,28). The second-order valence-corrected chi connectivity index (χ2v) is 6.98. The van der Waals surface area contributed by atoms with Crippen LogP contribution >= 0.6 is 0 Å². The van der Waals surface area contributed by atoms with Crippen molar-refractivity contribution < 1.29 is 4.79 Å². The molecule has 2 aromatic heterocycles. The van der Waals surface area contributed by atoms with Crippen molar-refractivity contribution in [3.8, 4) is 5.69 Å². The second kappa shape index (κ2) is 8.65. The zero-order valence-electron chi connectivity index (χ0n) is 15.7. The van der Waals surface area contributed by atoms with E-state index in [1.165, 1.54) is 5.56 Å². The lowest BCUT2D eigenvalue weighted by molar-refractivity contribution is -0.125. The van der Waals surface area contributed by atoms with Crippen molar-refractivity contribution >= 4 is 11.7 Å². The Balaban J connectivity index is 1.21. The summed E-state index contributed by atoms with van der Waals surface area (Å²) >= 11 is 0. The van der Waals surface area contributed by atoms with Gasteiger partial charge < -0.3 is 10.2 Å². The number of hydrogen-bond acceptors (Lipinski definition) is 5. The van der Waals surface area contributed by atoms with Crippen LogP contribution in [0.4, 0.5) is 5.82 Å². The maximum Gasteiger partial charge on any atom is 0.223 e. The van der Waals surface area contributed by atoms with Gasteiger partial charge >= 0.3 is 0 Å². The highest BCUT2D eigenvalue weighted by Gasteiger charge is 2.25. The Morgan fingerprint density at radius 3 is 2.61 bits per heavy atom. The molecule has 0 saturated carbocycles. The fourth-order valence-corrected chi connectivity index (χ4v) is 3.54. The minimum absolute atomic E-state index is 0.0788. The average molecular weight is 376 g/mol. The van der Waals surface area contributed by atoms with Gasteiger partial charge in [-0.05, 0) is 43.0 Å². The summed E-state index contributed by atoms with van der Waals surface area (Å²) in [4.78, 5) is 23.1. The van der Waals surface area contributed by atoms with E-state index < -0.39 is 0 Å². The van der Waals surface area contributed by atoms with Gasteiger partial charge in [0.05, 0.1) is 11.9 Å². The molecule has 144 valence electrons. The SMILES string of the molecule is O=C(NCCc1ccc(-n2cccn2)cc1)C1CCN(c2cnccn2)CC1. The Morgan fingerprint density at radius 1 is 1.11 bits per heavy atom. The molecule has 0 radical (unpaired) electrons. The van der Waals surface area contributed by atoms with Crippen LogP contribution in [0, 0.1) is 5.92 Å². The molecule has 4 rings (SSSR count). The van der Waals surface area contributed by atoms with Gasteiger partial charge in [0.2, 0.25) is 5.91 Å². The molecule has 1 N–H and O–H groups in total. The summed E-state index contributed by atoms with van der Waals surface area (Å²) in [6, 6.07) is 10.2. The number of piperidine rings is 1. The van der Waals surface area contributed by atoms with E-state index in [1.54, 1.807) is 24.8 Å². The van der Waals surface area contributed by atoms with Crippen LogP contribution in [0.15, 0.2) is 61.3 Å². The molecule has 7 heteroatoms. The molecule has 3 heterocycles. The van der Waals surface area contributed by atoms with Crippen LogP contribution in [0.1, 0.15) is 18.4 Å². The predicted octanol–water partition coefficient (Wildman–Crippen LogP) is 2.24. The van der Waals surface area contributed by atoms with Crippen LogP contribution < -0.4 is 10.2 Å². The van der Waals surface area contributed by atoms with E-state index >= 15 is 0 Å². The number of carbonyl (C=O) groups excluding carboxylic acids is 1. The molecule has 1 amide bonds. The largest absolute Gasteiger partial charge is 0.356 e. The molecule has 1 aliphatic heterocycles. The number of aromatic nitrogens is 4. The highest BCUT2D eigenvalue weighted by atomic mass is 16.1. The molecule has 0 aliphatic carbocycles. The molecule has 28 heavy (non-hydrogen) atoms. The summed E-state index contributed by atoms with van der Waals surface area (Å²) in [5, 5.41) is 7.32. The molecule has 3 aromatic rings. The highest BCUT2D eigenvalue weighted by molar-refractivity contribution is 5.79. The van der Waals surface area contributed by atoms with Crippen LogP contribution in [-0.4, -0.2) is 45.3 Å². The van der Waals surface area contributed by atoms with Gasteiger partial charge in [0.25, 0.3) is 0 Å². The number of carbonyl (C=O) groups is 1. The lowest BCUT2D eigenvalue weighted by Gasteiger charge is -2.31. The van der Waals surface area contributed by atoms with Crippen molar-refractivity contribution in [3.05, 3.63) is 66.9 Å². The molecule has 0 bridgehead atoms. The number of amides is 1. The van der Waals surface area contributed by atoms with Gasteiger partial charge in [-0.2, -0.15) is 5.10 Å². The number of rotatable bonds is 6. The van der Waals surface area contributed by atoms with E-state index in [-0.39, 0.29) is 11.8 Å². The predicted molar refractivity (Wildman–Crippen MR) is 107 cm³/mol. The quantitative estimate of drug-likeness (QED) is 0.714. The van der Waals surface area contributed by atoms with Crippen LogP contribution in [-0.2, 0) is 11.2 Å². The molecule has 0 atom stereocenters. The summed E-state index contributed by atoms with van der Waals surface area (Å²) in [5.41, 5.74) is 2.24. The summed E-state index contributed by atoms with van der Waals surface area (Å²) in [6.45, 7) is 2.33. The second-order valence-electron chi connectivity index (χ2n) is 6.98. The molecule has 7 nitrogen and oxygen atoms in total. The van der Waals surface area contributed by atoms with Gasteiger partial charge in [-0.3, -0.25) is 9.78 Å². The Hall–Kier alpha value is -3.22. The topological polar surface area (TPSA) is 75.9 Å². The molecule has 1 aliphatic rings. The number of hydrogen-bond donors (Lipinski definition) is 1. The van der Waals surface area contributed by atoms with Crippen molar-refractivity contribution in [1.29, 1.82) is 0 Å². The molecule has 0 spiro atoms. The average Bonchev–Trinajstić information content (AvgIpc) is 3.30. The number of nitrogens with one attached hydrogen (secondary N) is 1. The summed E-state index contributed by atoms with van der Waals surface area (Å²) < 4.78 is 1.83. The Labute approximate surface area is 164 Å².